The van der Waals surface area contributed by atoms with E-state index < -0.39 is 0 Å². The number of hydrogen-bond donors (Lipinski definition) is 3. The van der Waals surface area contributed by atoms with Gasteiger partial charge in [-0.3, -0.25) is 4.79 Å². The molecule has 0 radical (unpaired) electrons. The fourth-order valence-corrected chi connectivity index (χ4v) is 1.67. The maximum absolute atomic E-state index is 11.8. The summed E-state index contributed by atoms with van der Waals surface area (Å²) in [6, 6.07) is 0. The predicted molar refractivity (Wildman–Crippen MR) is 59.4 cm³/mol. The molecule has 1 fully saturated rings. The summed E-state index contributed by atoms with van der Waals surface area (Å²) in [7, 11) is 0. The molecule has 0 aromatic rings. The summed E-state index contributed by atoms with van der Waals surface area (Å²) < 4.78 is 0. The van der Waals surface area contributed by atoms with Gasteiger partial charge in [0.2, 0.25) is 5.91 Å². The average Bonchev–Trinajstić information content (AvgIpc) is 1.99. The van der Waals surface area contributed by atoms with Gasteiger partial charge in [-0.05, 0) is 39.3 Å². The van der Waals surface area contributed by atoms with Gasteiger partial charge in [0, 0.05) is 18.1 Å². The van der Waals surface area contributed by atoms with Gasteiger partial charge in [-0.2, -0.15) is 0 Å². The van der Waals surface area contributed by atoms with Crippen molar-refractivity contribution in [3.8, 4) is 0 Å². The highest BCUT2D eigenvalue weighted by Gasteiger charge is 2.31. The molecule has 1 rings (SSSR count). The van der Waals surface area contributed by atoms with Gasteiger partial charge < -0.3 is 15.7 Å². The minimum Gasteiger partial charge on any atom is -0.396 e. The molecule has 1 atom stereocenters. The van der Waals surface area contributed by atoms with E-state index in [-0.39, 0.29) is 24.0 Å². The van der Waals surface area contributed by atoms with Crippen molar-refractivity contribution >= 4 is 5.91 Å². The van der Waals surface area contributed by atoms with Crippen molar-refractivity contribution < 1.29 is 9.90 Å². The van der Waals surface area contributed by atoms with Crippen LogP contribution in [-0.4, -0.2) is 36.2 Å². The van der Waals surface area contributed by atoms with Crippen molar-refractivity contribution in [3.63, 3.8) is 0 Å². The topological polar surface area (TPSA) is 61.4 Å². The zero-order chi connectivity index (χ0) is 11.5. The van der Waals surface area contributed by atoms with Crippen LogP contribution in [0.4, 0.5) is 0 Å². The number of nitrogens with one attached hydrogen (secondary N) is 2. The summed E-state index contributed by atoms with van der Waals surface area (Å²) in [6.45, 7) is 7.83. The molecule has 1 aliphatic heterocycles. The van der Waals surface area contributed by atoms with Crippen molar-refractivity contribution in [1.29, 1.82) is 0 Å². The van der Waals surface area contributed by atoms with Crippen molar-refractivity contribution in [2.45, 2.75) is 32.7 Å². The Balaban J connectivity index is 2.39. The Bertz CT molecular complexity index is 225. The minimum absolute atomic E-state index is 0.0595. The number of hydrogen-bond acceptors (Lipinski definition) is 3. The van der Waals surface area contributed by atoms with Gasteiger partial charge >= 0.3 is 0 Å². The molecular weight excluding hydrogens is 192 g/mol. The first-order valence-corrected chi connectivity index (χ1v) is 5.60. The third-order valence-corrected chi connectivity index (χ3v) is 3.13. The lowest BCUT2D eigenvalue weighted by Crippen LogP contribution is -2.53. The van der Waals surface area contributed by atoms with E-state index in [1.54, 1.807) is 0 Å². The van der Waals surface area contributed by atoms with Gasteiger partial charge in [-0.1, -0.05) is 6.92 Å². The molecule has 0 saturated carbocycles. The number of aliphatic hydroxyl groups is 1. The van der Waals surface area contributed by atoms with E-state index in [0.29, 0.717) is 12.3 Å². The van der Waals surface area contributed by atoms with Crippen LogP contribution in [0.3, 0.4) is 0 Å². The maximum Gasteiger partial charge on any atom is 0.223 e. The Labute approximate surface area is 91.4 Å². The molecule has 0 aromatic carbocycles. The molecular formula is C11H22N2O2. The molecule has 4 nitrogen and oxygen atoms in total. The zero-order valence-corrected chi connectivity index (χ0v) is 9.84. The number of rotatable bonds is 5. The van der Waals surface area contributed by atoms with Gasteiger partial charge in [-0.25, -0.2) is 0 Å². The Morgan fingerprint density at radius 1 is 1.60 bits per heavy atom. The second kappa shape index (κ2) is 4.94. The van der Waals surface area contributed by atoms with E-state index >= 15 is 0 Å². The highest BCUT2D eigenvalue weighted by Crippen LogP contribution is 2.17. The summed E-state index contributed by atoms with van der Waals surface area (Å²) in [5.74, 6) is 0.624. The Morgan fingerprint density at radius 3 is 2.60 bits per heavy atom. The van der Waals surface area contributed by atoms with Crippen molar-refractivity contribution in [3.05, 3.63) is 0 Å². The summed E-state index contributed by atoms with van der Waals surface area (Å²) in [5, 5.41) is 15.0. The molecule has 1 aliphatic rings. The number of amides is 1. The van der Waals surface area contributed by atoms with Crippen LogP contribution in [0.1, 0.15) is 27.2 Å². The number of carbonyl (C=O) groups is 1. The first-order valence-electron chi connectivity index (χ1n) is 5.60. The highest BCUT2D eigenvalue weighted by atomic mass is 16.3. The van der Waals surface area contributed by atoms with Crippen molar-refractivity contribution in [2.24, 2.45) is 11.8 Å². The van der Waals surface area contributed by atoms with Crippen LogP contribution in [-0.2, 0) is 4.79 Å². The van der Waals surface area contributed by atoms with Crippen LogP contribution in [0.25, 0.3) is 0 Å². The van der Waals surface area contributed by atoms with Crippen LogP contribution in [0, 0.1) is 11.8 Å². The molecule has 0 spiro atoms. The fraction of sp³-hybridized carbons (Fsp3) is 0.909. The number of carbonyl (C=O) groups excluding carboxylic acids is 1. The largest absolute Gasteiger partial charge is 0.396 e. The second-order valence-corrected chi connectivity index (χ2v) is 5.05. The summed E-state index contributed by atoms with van der Waals surface area (Å²) in [4.78, 5) is 11.8. The van der Waals surface area contributed by atoms with E-state index in [4.69, 9.17) is 5.11 Å². The summed E-state index contributed by atoms with van der Waals surface area (Å²) >= 11 is 0. The molecule has 1 heterocycles. The summed E-state index contributed by atoms with van der Waals surface area (Å²) in [6.07, 6.45) is 0.592. The Kier molecular flexibility index (Phi) is 4.11. The molecule has 0 aromatic heterocycles. The van der Waals surface area contributed by atoms with E-state index in [1.165, 1.54) is 0 Å². The second-order valence-electron chi connectivity index (χ2n) is 5.05. The number of aliphatic hydroxyl groups excluding tert-OH is 1. The minimum atomic E-state index is -0.308. The molecule has 1 amide bonds. The molecule has 0 bridgehead atoms. The normalized spacial score (nSPS) is 19.5. The van der Waals surface area contributed by atoms with Gasteiger partial charge in [0.1, 0.15) is 0 Å². The zero-order valence-electron chi connectivity index (χ0n) is 9.84. The predicted octanol–water partition coefficient (Wildman–Crippen LogP) is 0.119. The lowest BCUT2D eigenvalue weighted by Gasteiger charge is -2.34. The van der Waals surface area contributed by atoms with Crippen LogP contribution >= 0.6 is 0 Å². The lowest BCUT2D eigenvalue weighted by atomic mass is 9.87. The molecule has 1 unspecified atom stereocenters. The van der Waals surface area contributed by atoms with Crippen LogP contribution in [0.2, 0.25) is 0 Å². The van der Waals surface area contributed by atoms with E-state index in [9.17, 15) is 4.79 Å². The standard InChI is InChI=1S/C11H22N2O2/c1-8(9-6-12-7-9)10(15)13-11(2,3)4-5-14/h8-9,12,14H,4-7H2,1-3H3,(H,13,15). The molecule has 15 heavy (non-hydrogen) atoms. The SMILES string of the molecule is CC(C(=O)NC(C)(C)CCO)C1CNC1. The Morgan fingerprint density at radius 2 is 2.20 bits per heavy atom. The van der Waals surface area contributed by atoms with E-state index in [2.05, 4.69) is 10.6 Å². The van der Waals surface area contributed by atoms with Crippen LogP contribution in [0.15, 0.2) is 0 Å². The highest BCUT2D eigenvalue weighted by molar-refractivity contribution is 5.79. The first-order chi connectivity index (χ1) is 6.96. The maximum atomic E-state index is 11.8. The Hall–Kier alpha value is -0.610. The molecule has 4 heteroatoms. The van der Waals surface area contributed by atoms with Crippen LogP contribution in [0.5, 0.6) is 0 Å². The van der Waals surface area contributed by atoms with Crippen molar-refractivity contribution in [2.75, 3.05) is 19.7 Å². The first kappa shape index (κ1) is 12.5. The smallest absolute Gasteiger partial charge is 0.223 e. The lowest BCUT2D eigenvalue weighted by molar-refractivity contribution is -0.128. The van der Waals surface area contributed by atoms with Gasteiger partial charge in [0.15, 0.2) is 0 Å². The summed E-state index contributed by atoms with van der Waals surface area (Å²) in [5.41, 5.74) is -0.308. The van der Waals surface area contributed by atoms with Crippen LogP contribution < -0.4 is 10.6 Å². The monoisotopic (exact) mass is 214 g/mol. The molecule has 1 saturated heterocycles. The quantitative estimate of drug-likeness (QED) is 0.609. The van der Waals surface area contributed by atoms with Crippen molar-refractivity contribution in [1.82, 2.24) is 10.6 Å². The van der Waals surface area contributed by atoms with Gasteiger partial charge in [0.05, 0.1) is 0 Å². The van der Waals surface area contributed by atoms with E-state index in [0.717, 1.165) is 13.1 Å². The van der Waals surface area contributed by atoms with E-state index in [1.807, 2.05) is 20.8 Å². The molecule has 3 N–H and O–H groups in total. The van der Waals surface area contributed by atoms with Gasteiger partial charge in [-0.15, -0.1) is 0 Å². The van der Waals surface area contributed by atoms with Gasteiger partial charge in [0.25, 0.3) is 0 Å². The third kappa shape index (κ3) is 3.47. The third-order valence-electron chi connectivity index (χ3n) is 3.13. The average molecular weight is 214 g/mol. The molecule has 0 aliphatic carbocycles. The fourth-order valence-electron chi connectivity index (χ4n) is 1.67. The molecule has 88 valence electrons.